The summed E-state index contributed by atoms with van der Waals surface area (Å²) in [6.07, 6.45) is 8.52. The van der Waals surface area contributed by atoms with Crippen LogP contribution in [0, 0.1) is 0 Å². The Morgan fingerprint density at radius 1 is 0.812 bits per heavy atom. The zero-order valence-electron chi connectivity index (χ0n) is 18.2. The van der Waals surface area contributed by atoms with Crippen molar-refractivity contribution in [3.8, 4) is 0 Å². The van der Waals surface area contributed by atoms with Gasteiger partial charge in [-0.25, -0.2) is 0 Å². The summed E-state index contributed by atoms with van der Waals surface area (Å²) in [5.74, 6) is 0. The number of hydrogen-bond donors (Lipinski definition) is 0. The summed E-state index contributed by atoms with van der Waals surface area (Å²) in [5.41, 5.74) is 6.06. The number of rotatable bonds is 2. The first-order chi connectivity index (χ1) is 14.7. The van der Waals surface area contributed by atoms with Crippen LogP contribution in [0.25, 0.3) is 30.9 Å². The monoisotopic (exact) mass is 532 g/mol. The molecule has 158 valence electrons. The number of benzene rings is 4. The van der Waals surface area contributed by atoms with E-state index in [1.807, 2.05) is 0 Å². The summed E-state index contributed by atoms with van der Waals surface area (Å²) in [4.78, 5) is 0. The standard InChI is InChI=1S/C17H11.C9H7.C3H6.2ClH.Zr/c1-2-6-15-12(4-1)8-10-14-11-9-13-5-3-7-16(13)17(14)15;1-2-5-9-7-3-6-8(9)4-1;1-3-2;;;/h1-4,6,8-11H,7H2;1-7H;1-2H3;2*1H;/q;;;;;+2/p-2. The quantitative estimate of drug-likeness (QED) is 0.342. The first-order valence-corrected chi connectivity index (χ1v) is 14.7. The minimum Gasteiger partial charge on any atom is -1.00 e. The Bertz CT molecular complexity index is 1440. The van der Waals surface area contributed by atoms with E-state index in [9.17, 15) is 0 Å². The molecule has 1 unspecified atom stereocenters. The van der Waals surface area contributed by atoms with Gasteiger partial charge in [0.15, 0.2) is 0 Å². The van der Waals surface area contributed by atoms with Crippen molar-refractivity contribution < 1.29 is 46.1 Å². The fraction of sp³-hybridized carbons (Fsp3) is 0.138. The molecule has 1 atom stereocenters. The molecule has 0 spiro atoms. The molecule has 3 heteroatoms. The maximum Gasteiger partial charge on any atom is -1.00 e. The van der Waals surface area contributed by atoms with E-state index in [1.54, 1.807) is 17.6 Å². The van der Waals surface area contributed by atoms with Gasteiger partial charge in [0, 0.05) is 0 Å². The van der Waals surface area contributed by atoms with Crippen LogP contribution in [-0.2, 0) is 27.7 Å². The molecule has 4 aromatic rings. The second-order valence-corrected chi connectivity index (χ2v) is 16.0. The molecule has 0 radical (unpaired) electrons. The molecule has 2 aliphatic carbocycles. The van der Waals surface area contributed by atoms with E-state index >= 15 is 0 Å². The Morgan fingerprint density at radius 2 is 1.53 bits per heavy atom. The van der Waals surface area contributed by atoms with Crippen LogP contribution < -0.4 is 24.8 Å². The van der Waals surface area contributed by atoms with Crippen LogP contribution >= 0.6 is 0 Å². The van der Waals surface area contributed by atoms with Gasteiger partial charge in [-0.05, 0) is 0 Å². The van der Waals surface area contributed by atoms with Crippen molar-refractivity contribution in [2.24, 2.45) is 0 Å². The molecule has 0 aromatic heterocycles. The van der Waals surface area contributed by atoms with Crippen LogP contribution in [0.2, 0.25) is 0 Å². The minimum absolute atomic E-state index is 0. The summed E-state index contributed by atoms with van der Waals surface area (Å²) in [7, 11) is 0. The Labute approximate surface area is 210 Å². The van der Waals surface area contributed by atoms with E-state index in [0.717, 1.165) is 6.42 Å². The van der Waals surface area contributed by atoms with Crippen LogP contribution in [-0.4, -0.2) is 3.21 Å². The predicted octanol–water partition coefficient (Wildman–Crippen LogP) is 1.50. The van der Waals surface area contributed by atoms with Crippen molar-refractivity contribution >= 4 is 34.1 Å². The smallest absolute Gasteiger partial charge is 1.00 e. The molecule has 2 aliphatic rings. The number of allylic oxidation sites excluding steroid dienone is 2. The molecular formula is C29H24Cl2Zr. The molecule has 0 N–H and O–H groups in total. The minimum atomic E-state index is -2.07. The number of halogens is 2. The third-order valence-electron chi connectivity index (χ3n) is 6.76. The largest absolute Gasteiger partial charge is 1.00 e. The van der Waals surface area contributed by atoms with Gasteiger partial charge in [-0.15, -0.1) is 0 Å². The summed E-state index contributed by atoms with van der Waals surface area (Å²) in [6, 6.07) is 27.2. The molecule has 0 nitrogen and oxygen atoms in total. The Kier molecular flexibility index (Phi) is 6.74. The SMILES string of the molecule is C[C](C)=[Zr+2]([C]1=CCc2c1ccc1ccc3ccccc3c21)[CH]1C=Cc2ccccc21.[Cl-].[Cl-]. The van der Waals surface area contributed by atoms with Crippen LogP contribution in [0.4, 0.5) is 0 Å². The molecule has 6 rings (SSSR count). The molecular weight excluding hydrogens is 510 g/mol. The molecule has 0 bridgehead atoms. The first kappa shape index (κ1) is 23.4. The second kappa shape index (κ2) is 9.22. The van der Waals surface area contributed by atoms with Gasteiger partial charge in [-0.1, -0.05) is 0 Å². The van der Waals surface area contributed by atoms with E-state index in [0.29, 0.717) is 3.63 Å². The van der Waals surface area contributed by atoms with Crippen molar-refractivity contribution in [2.75, 3.05) is 0 Å². The zero-order valence-corrected chi connectivity index (χ0v) is 22.2. The molecule has 0 aliphatic heterocycles. The van der Waals surface area contributed by atoms with E-state index in [1.165, 1.54) is 32.7 Å². The normalized spacial score (nSPS) is 15.3. The second-order valence-electron chi connectivity index (χ2n) is 8.68. The van der Waals surface area contributed by atoms with Gasteiger partial charge in [-0.2, -0.15) is 0 Å². The molecule has 32 heavy (non-hydrogen) atoms. The fourth-order valence-electron chi connectivity index (χ4n) is 5.46. The molecule has 0 amide bonds. The maximum atomic E-state index is 2.59. The van der Waals surface area contributed by atoms with Crippen molar-refractivity contribution in [1.82, 2.24) is 0 Å². The van der Waals surface area contributed by atoms with Gasteiger partial charge >= 0.3 is 186 Å². The zero-order chi connectivity index (χ0) is 20.2. The van der Waals surface area contributed by atoms with Crippen LogP contribution in [0.3, 0.4) is 0 Å². The maximum absolute atomic E-state index is 2.59. The van der Waals surface area contributed by atoms with Crippen molar-refractivity contribution in [3.05, 3.63) is 107 Å². The van der Waals surface area contributed by atoms with Crippen molar-refractivity contribution in [3.63, 3.8) is 0 Å². The van der Waals surface area contributed by atoms with Crippen LogP contribution in [0.5, 0.6) is 0 Å². The van der Waals surface area contributed by atoms with Gasteiger partial charge in [0.2, 0.25) is 0 Å². The molecule has 0 heterocycles. The molecule has 0 fully saturated rings. The summed E-state index contributed by atoms with van der Waals surface area (Å²) >= 11 is -2.07. The van der Waals surface area contributed by atoms with Gasteiger partial charge in [-0.3, -0.25) is 0 Å². The summed E-state index contributed by atoms with van der Waals surface area (Å²) in [6.45, 7) is 4.78. The van der Waals surface area contributed by atoms with Crippen LogP contribution in [0.15, 0.2) is 84.9 Å². The average Bonchev–Trinajstić information content (AvgIpc) is 3.39. The van der Waals surface area contributed by atoms with E-state index in [-0.39, 0.29) is 24.8 Å². The van der Waals surface area contributed by atoms with Gasteiger partial charge in [0.25, 0.3) is 0 Å². The third kappa shape index (κ3) is 3.60. The third-order valence-corrected chi connectivity index (χ3v) is 14.8. The number of fused-ring (bicyclic) bond motifs is 6. The predicted molar refractivity (Wildman–Crippen MR) is 128 cm³/mol. The van der Waals surface area contributed by atoms with Crippen molar-refractivity contribution in [1.29, 1.82) is 0 Å². The van der Waals surface area contributed by atoms with Crippen molar-refractivity contribution in [2.45, 2.75) is 23.9 Å². The number of hydrogen-bond acceptors (Lipinski definition) is 0. The van der Waals surface area contributed by atoms with E-state index < -0.39 is 21.3 Å². The van der Waals surface area contributed by atoms with Crippen LogP contribution in [0.1, 0.15) is 39.7 Å². The summed E-state index contributed by atoms with van der Waals surface area (Å²) < 4.78 is 4.00. The topological polar surface area (TPSA) is 0 Å². The van der Waals surface area contributed by atoms with E-state index in [4.69, 9.17) is 0 Å². The average molecular weight is 535 g/mol. The molecule has 0 saturated heterocycles. The fourth-order valence-corrected chi connectivity index (χ4v) is 13.3. The Morgan fingerprint density at radius 3 is 2.38 bits per heavy atom. The Hall–Kier alpha value is -1.79. The molecule has 4 aromatic carbocycles. The van der Waals surface area contributed by atoms with E-state index in [2.05, 4.69) is 105 Å². The van der Waals surface area contributed by atoms with Gasteiger partial charge in [0.05, 0.1) is 0 Å². The Balaban J connectivity index is 0.00000122. The summed E-state index contributed by atoms with van der Waals surface area (Å²) in [5, 5.41) is 5.58. The molecule has 0 saturated carbocycles. The van der Waals surface area contributed by atoms with Gasteiger partial charge < -0.3 is 24.8 Å². The van der Waals surface area contributed by atoms with Gasteiger partial charge in [0.1, 0.15) is 0 Å². The first-order valence-electron chi connectivity index (χ1n) is 10.8.